The maximum atomic E-state index is 14.6. The van der Waals surface area contributed by atoms with Gasteiger partial charge >= 0.3 is 49.2 Å². The Morgan fingerprint density at radius 1 is 0.234 bits per heavy atom. The molecule has 0 aromatic carbocycles. The highest BCUT2D eigenvalue weighted by Crippen LogP contribution is 2.42. The second-order valence-electron chi connectivity index (χ2n) is 29.3. The lowest BCUT2D eigenvalue weighted by molar-refractivity contribution is -0.383. The average Bonchev–Trinajstić information content (AvgIpc) is 1.65. The van der Waals surface area contributed by atoms with Crippen LogP contribution in [0.3, 0.4) is 0 Å². The van der Waals surface area contributed by atoms with Crippen molar-refractivity contribution in [1.82, 2.24) is 0 Å². The quantitative estimate of drug-likeness (QED) is 0.0310. The SMILES string of the molecule is CCCCCCCCOC(=O)OC[C@H]1O[C@@](COC(=O)OCCCCCCCC)(O[C@H]2O[C@H](COC(=O)OCCCCCCCC)[C@@H](OC(=O)OCCCCCCCC)[C@H](OC(=O)OCCCCCCCC)[C@H]2OC(=O)OCCCCCCCC)[C@@H](OC(=O)OCCCCCCCC)[C@@H]1OC(=O)OCCCCCCCC. The van der Waals surface area contributed by atoms with E-state index in [1.165, 1.54) is 0 Å². The molecule has 0 saturated carbocycles. The zero-order valence-corrected chi connectivity index (χ0v) is 69.9. The molecule has 0 amide bonds. The number of hydrogen-bond acceptors (Lipinski definition) is 27. The lowest BCUT2D eigenvalue weighted by Gasteiger charge is -2.46. The standard InChI is InChI=1S/C84H150O27/c1-9-17-25-33-41-49-57-93-76(85)101-65-68-70(105-79(88)96-60-52-44-36-28-20-12-4)72(107-81(90)98-62-54-46-38-30-22-14-6)73(108-82(91)99-63-55-47-39-31-23-15-7)75(104-68)111-84(67-103-78(87)95-59-51-43-35-27-19-11-3)74(109-83(92)100-64-56-48-40-32-24-16-8)71(106-80(89)97-61-53-45-37-29-21-13-5)69(110-84)66-102-77(86)94-58-50-42-34-26-18-10-2/h68-75H,9-67H2,1-8H3/t68-,69-,70-,71-,72+,73-,74+,75-,84+/m1/s1. The van der Waals surface area contributed by atoms with Crippen LogP contribution in [0.5, 0.6) is 0 Å². The van der Waals surface area contributed by atoms with Gasteiger partial charge in [0, 0.05) is 0 Å². The van der Waals surface area contributed by atoms with E-state index < -0.39 is 124 Å². The van der Waals surface area contributed by atoms with E-state index in [1.807, 2.05) is 0 Å². The lowest BCUT2D eigenvalue weighted by atomic mass is 9.97. The zero-order chi connectivity index (χ0) is 80.9. The van der Waals surface area contributed by atoms with Crippen LogP contribution in [0.1, 0.15) is 364 Å². The molecule has 0 spiro atoms. The molecule has 0 unspecified atom stereocenters. The fourth-order valence-corrected chi connectivity index (χ4v) is 12.8. The van der Waals surface area contributed by atoms with E-state index in [9.17, 15) is 38.4 Å². The molecule has 111 heavy (non-hydrogen) atoms. The van der Waals surface area contributed by atoms with Crippen LogP contribution in [-0.2, 0) is 90.0 Å². The van der Waals surface area contributed by atoms with Gasteiger partial charge in [-0.2, -0.15) is 0 Å². The molecule has 9 atom stereocenters. The summed E-state index contributed by atoms with van der Waals surface area (Å²) < 4.78 is 114. The van der Waals surface area contributed by atoms with Crippen molar-refractivity contribution >= 4 is 49.2 Å². The number of unbranched alkanes of at least 4 members (excludes halogenated alkanes) is 40. The summed E-state index contributed by atoms with van der Waals surface area (Å²) in [6, 6.07) is 0. The van der Waals surface area contributed by atoms with Crippen LogP contribution in [0, 0.1) is 0 Å². The minimum absolute atomic E-state index is 0.0139. The van der Waals surface area contributed by atoms with E-state index in [-0.39, 0.29) is 52.9 Å². The molecular formula is C84H150O27. The number of carbonyl (C=O) groups is 8. The summed E-state index contributed by atoms with van der Waals surface area (Å²) in [7, 11) is 0. The van der Waals surface area contributed by atoms with E-state index in [1.54, 1.807) is 0 Å². The van der Waals surface area contributed by atoms with Gasteiger partial charge in [-0.3, -0.25) is 0 Å². The van der Waals surface area contributed by atoms with Gasteiger partial charge in [0.05, 0.1) is 52.9 Å². The second kappa shape index (κ2) is 69.5. The third kappa shape index (κ3) is 50.8. The van der Waals surface area contributed by atoms with Crippen molar-refractivity contribution in [1.29, 1.82) is 0 Å². The minimum atomic E-state index is -2.93. The van der Waals surface area contributed by atoms with E-state index in [4.69, 9.17) is 90.0 Å². The molecule has 27 nitrogen and oxygen atoms in total. The van der Waals surface area contributed by atoms with Crippen LogP contribution in [-0.4, -0.2) is 177 Å². The number of carbonyl (C=O) groups excluding carboxylic acids is 8. The van der Waals surface area contributed by atoms with Gasteiger partial charge < -0.3 is 90.0 Å². The Balaban J connectivity index is 3.20. The molecule has 0 N–H and O–H groups in total. The molecule has 0 bridgehead atoms. The highest BCUT2D eigenvalue weighted by Gasteiger charge is 2.66. The van der Waals surface area contributed by atoms with Gasteiger partial charge in [0.2, 0.25) is 18.2 Å². The third-order valence-electron chi connectivity index (χ3n) is 19.4. The van der Waals surface area contributed by atoms with Crippen molar-refractivity contribution in [2.75, 3.05) is 72.7 Å². The van der Waals surface area contributed by atoms with Crippen LogP contribution < -0.4 is 0 Å². The van der Waals surface area contributed by atoms with Gasteiger partial charge in [0.1, 0.15) is 25.4 Å². The topological polar surface area (TPSA) is 312 Å². The Hall–Kier alpha value is -5.96. The summed E-state index contributed by atoms with van der Waals surface area (Å²) in [5.41, 5.74) is 0. The summed E-state index contributed by atoms with van der Waals surface area (Å²) in [4.78, 5) is 114. The van der Waals surface area contributed by atoms with Crippen molar-refractivity contribution in [3.8, 4) is 0 Å². The van der Waals surface area contributed by atoms with Gasteiger partial charge in [-0.25, -0.2) is 38.4 Å². The first kappa shape index (κ1) is 101. The Bertz CT molecular complexity index is 2330. The van der Waals surface area contributed by atoms with Crippen molar-refractivity contribution in [2.45, 2.75) is 418 Å². The summed E-state index contributed by atoms with van der Waals surface area (Å²) in [5.74, 6) is -2.93. The molecule has 27 heteroatoms. The molecule has 2 heterocycles. The summed E-state index contributed by atoms with van der Waals surface area (Å²) in [5, 5.41) is 0. The predicted molar refractivity (Wildman–Crippen MR) is 417 cm³/mol. The van der Waals surface area contributed by atoms with Crippen molar-refractivity contribution in [2.24, 2.45) is 0 Å². The Kier molecular flexibility index (Phi) is 63.3. The molecule has 0 radical (unpaired) electrons. The summed E-state index contributed by atoms with van der Waals surface area (Å²) in [6.07, 6.45) is 14.0. The molecule has 0 aromatic heterocycles. The average molecular weight is 1590 g/mol. The van der Waals surface area contributed by atoms with Crippen molar-refractivity contribution in [3.05, 3.63) is 0 Å². The predicted octanol–water partition coefficient (Wildman–Crippen LogP) is 22.8. The van der Waals surface area contributed by atoms with E-state index in [2.05, 4.69) is 55.4 Å². The number of rotatable bonds is 69. The molecule has 648 valence electrons. The second-order valence-corrected chi connectivity index (χ2v) is 29.3. The van der Waals surface area contributed by atoms with E-state index >= 15 is 0 Å². The highest BCUT2D eigenvalue weighted by atomic mass is 16.9. The third-order valence-corrected chi connectivity index (χ3v) is 19.4. The van der Waals surface area contributed by atoms with Crippen LogP contribution in [0.25, 0.3) is 0 Å². The molecule has 2 aliphatic rings. The smallest absolute Gasteiger partial charge is 0.434 e. The monoisotopic (exact) mass is 1590 g/mol. The van der Waals surface area contributed by atoms with Gasteiger partial charge in [0.25, 0.3) is 0 Å². The molecular weight excluding hydrogens is 1440 g/mol. The van der Waals surface area contributed by atoms with E-state index in [0.29, 0.717) is 77.0 Å². The van der Waals surface area contributed by atoms with Crippen LogP contribution >= 0.6 is 0 Å². The molecule has 2 aliphatic heterocycles. The maximum absolute atomic E-state index is 14.6. The molecule has 0 aliphatic carbocycles. The first-order valence-electron chi connectivity index (χ1n) is 43.7. The Morgan fingerprint density at radius 3 is 0.775 bits per heavy atom. The highest BCUT2D eigenvalue weighted by molar-refractivity contribution is 5.64. The first-order valence-corrected chi connectivity index (χ1v) is 43.7. The summed E-state index contributed by atoms with van der Waals surface area (Å²) in [6.45, 7) is 13.1. The first-order chi connectivity index (χ1) is 54.1. The fraction of sp³-hybridized carbons (Fsp3) is 0.905. The molecule has 2 saturated heterocycles. The Morgan fingerprint density at radius 2 is 0.468 bits per heavy atom. The van der Waals surface area contributed by atoms with Gasteiger partial charge in [-0.1, -0.05) is 312 Å². The van der Waals surface area contributed by atoms with Gasteiger partial charge in [-0.05, 0) is 51.4 Å². The maximum Gasteiger partial charge on any atom is 0.508 e. The minimum Gasteiger partial charge on any atom is -0.434 e. The van der Waals surface area contributed by atoms with Gasteiger partial charge in [-0.15, -0.1) is 0 Å². The summed E-state index contributed by atoms with van der Waals surface area (Å²) >= 11 is 0. The van der Waals surface area contributed by atoms with Crippen LogP contribution in [0.4, 0.5) is 38.4 Å². The molecule has 2 rings (SSSR count). The molecule has 2 fully saturated rings. The Labute approximate surface area is 665 Å². The number of ether oxygens (including phenoxy) is 19. The zero-order valence-electron chi connectivity index (χ0n) is 69.9. The normalized spacial score (nSPS) is 19.2. The van der Waals surface area contributed by atoms with Crippen molar-refractivity contribution in [3.63, 3.8) is 0 Å². The largest absolute Gasteiger partial charge is 0.508 e. The van der Waals surface area contributed by atoms with E-state index in [0.717, 1.165) is 231 Å². The van der Waals surface area contributed by atoms with Gasteiger partial charge in [0.15, 0.2) is 31.0 Å². The number of hydrogen-bond donors (Lipinski definition) is 0. The fourth-order valence-electron chi connectivity index (χ4n) is 12.8. The van der Waals surface area contributed by atoms with Crippen LogP contribution in [0.2, 0.25) is 0 Å². The lowest BCUT2D eigenvalue weighted by Crippen LogP contribution is -2.66. The molecule has 0 aromatic rings. The van der Waals surface area contributed by atoms with Crippen LogP contribution in [0.15, 0.2) is 0 Å². The van der Waals surface area contributed by atoms with Crippen molar-refractivity contribution < 1.29 is 128 Å².